The van der Waals surface area contributed by atoms with Crippen LogP contribution in [0.25, 0.3) is 20.9 Å². The Labute approximate surface area is 211 Å². The summed E-state index contributed by atoms with van der Waals surface area (Å²) in [6, 6.07) is 19.6. The first kappa shape index (κ1) is 22.5. The first-order valence-corrected chi connectivity index (χ1v) is 12.7. The van der Waals surface area contributed by atoms with Crippen molar-refractivity contribution in [2.75, 3.05) is 6.61 Å². The maximum Gasteiger partial charge on any atom is 0.358 e. The highest BCUT2D eigenvalue weighted by Gasteiger charge is 2.47. The highest BCUT2D eigenvalue weighted by Crippen LogP contribution is 2.53. The number of pyridine rings is 1. The summed E-state index contributed by atoms with van der Waals surface area (Å²) >= 11 is 1.41. The Bertz CT molecular complexity index is 1570. The van der Waals surface area contributed by atoms with Crippen molar-refractivity contribution >= 4 is 27.7 Å². The number of rotatable bonds is 7. The molecule has 1 aliphatic carbocycles. The molecule has 8 heteroatoms. The van der Waals surface area contributed by atoms with Gasteiger partial charge in [0.05, 0.1) is 18.6 Å². The van der Waals surface area contributed by atoms with Crippen molar-refractivity contribution in [1.29, 1.82) is 0 Å². The summed E-state index contributed by atoms with van der Waals surface area (Å²) in [5.74, 6) is -0.817. The van der Waals surface area contributed by atoms with Crippen molar-refractivity contribution in [3.63, 3.8) is 0 Å². The molecule has 3 heterocycles. The predicted molar refractivity (Wildman–Crippen MR) is 137 cm³/mol. The minimum Gasteiger partial charge on any atom is -0.461 e. The van der Waals surface area contributed by atoms with Crippen LogP contribution < -0.4 is 0 Å². The van der Waals surface area contributed by atoms with Crippen LogP contribution in [0.4, 0.5) is 4.39 Å². The lowest BCUT2D eigenvalue weighted by atomic mass is 9.92. The molecule has 1 fully saturated rings. The van der Waals surface area contributed by atoms with Crippen molar-refractivity contribution in [1.82, 2.24) is 19.5 Å². The molecule has 180 valence electrons. The number of thiazole rings is 1. The number of hydrogen-bond acceptors (Lipinski definition) is 6. The van der Waals surface area contributed by atoms with E-state index in [0.29, 0.717) is 17.1 Å². The molecule has 5 aromatic rings. The average Bonchev–Trinajstić information content (AvgIpc) is 3.38. The first-order valence-electron chi connectivity index (χ1n) is 11.9. The third kappa shape index (κ3) is 4.07. The third-order valence-electron chi connectivity index (χ3n) is 6.57. The molecule has 6 nitrogen and oxygen atoms in total. The van der Waals surface area contributed by atoms with Crippen molar-refractivity contribution in [3.05, 3.63) is 102 Å². The molecule has 36 heavy (non-hydrogen) atoms. The van der Waals surface area contributed by atoms with Gasteiger partial charge in [0, 0.05) is 23.7 Å². The molecule has 0 saturated heterocycles. The molecular weight excluding hydrogens is 475 g/mol. The SMILES string of the molecule is CCOC(=O)c1cn(Cc2ccc(-c3nc4ccc(C5(c6ccccc6)CC5)nc4s3)c(F)c2)cn1. The van der Waals surface area contributed by atoms with Crippen LogP contribution in [-0.2, 0) is 16.7 Å². The van der Waals surface area contributed by atoms with Gasteiger partial charge in [-0.3, -0.25) is 0 Å². The van der Waals surface area contributed by atoms with Gasteiger partial charge in [-0.2, -0.15) is 0 Å². The van der Waals surface area contributed by atoms with Crippen molar-refractivity contribution in [2.45, 2.75) is 31.7 Å². The van der Waals surface area contributed by atoms with Gasteiger partial charge in [0.15, 0.2) is 5.69 Å². The van der Waals surface area contributed by atoms with E-state index in [1.54, 1.807) is 23.8 Å². The highest BCUT2D eigenvalue weighted by molar-refractivity contribution is 7.21. The third-order valence-corrected chi connectivity index (χ3v) is 7.57. The van der Waals surface area contributed by atoms with Crippen LogP contribution >= 0.6 is 11.3 Å². The molecule has 3 aromatic heterocycles. The summed E-state index contributed by atoms with van der Waals surface area (Å²) in [6.07, 6.45) is 5.30. The summed E-state index contributed by atoms with van der Waals surface area (Å²) < 4.78 is 21.8. The largest absolute Gasteiger partial charge is 0.461 e. The number of carbonyl (C=O) groups is 1. The number of halogens is 1. The maximum atomic E-state index is 15.1. The second-order valence-electron chi connectivity index (χ2n) is 8.95. The zero-order valence-corrected chi connectivity index (χ0v) is 20.5. The van der Waals surface area contributed by atoms with Crippen LogP contribution in [0, 0.1) is 5.82 Å². The van der Waals surface area contributed by atoms with E-state index in [-0.39, 0.29) is 23.5 Å². The lowest BCUT2D eigenvalue weighted by Crippen LogP contribution is -2.10. The molecule has 0 amide bonds. The normalized spacial score (nSPS) is 14.2. The van der Waals surface area contributed by atoms with E-state index >= 15 is 4.39 Å². The topological polar surface area (TPSA) is 69.9 Å². The van der Waals surface area contributed by atoms with Gasteiger partial charge in [-0.1, -0.05) is 47.7 Å². The quantitative estimate of drug-likeness (QED) is 0.258. The molecule has 0 unspecified atom stereocenters. The van der Waals surface area contributed by atoms with Gasteiger partial charge in [-0.05, 0) is 55.2 Å². The summed E-state index contributed by atoms with van der Waals surface area (Å²) in [6.45, 7) is 2.42. The Morgan fingerprint density at radius 3 is 2.69 bits per heavy atom. The smallest absolute Gasteiger partial charge is 0.358 e. The standard InChI is InChI=1S/C28H23FN4O2S/c1-2-35-27(34)23-16-33(17-30-23)15-18-8-9-20(21(29)14-18)25-31-22-10-11-24(32-26(22)36-25)28(12-13-28)19-6-4-3-5-7-19/h3-11,14,16-17H,2,12-13,15H2,1H3. The van der Waals surface area contributed by atoms with Gasteiger partial charge in [0.1, 0.15) is 21.2 Å². The number of hydrogen-bond donors (Lipinski definition) is 0. The Hall–Kier alpha value is -3.91. The number of esters is 1. The molecule has 1 aliphatic rings. The van der Waals surface area contributed by atoms with Crippen molar-refractivity contribution in [3.8, 4) is 10.6 Å². The Morgan fingerprint density at radius 2 is 1.94 bits per heavy atom. The monoisotopic (exact) mass is 498 g/mol. The number of carbonyl (C=O) groups excluding carboxylic acids is 1. The van der Waals surface area contributed by atoms with Gasteiger partial charge in [0.25, 0.3) is 0 Å². The van der Waals surface area contributed by atoms with Crippen LogP contribution in [0.15, 0.2) is 73.2 Å². The highest BCUT2D eigenvalue weighted by atomic mass is 32.1. The number of benzene rings is 2. The van der Waals surface area contributed by atoms with Gasteiger partial charge in [-0.15, -0.1) is 0 Å². The summed E-state index contributed by atoms with van der Waals surface area (Å²) in [4.78, 5) is 26.3. The first-order chi connectivity index (χ1) is 17.6. The van der Waals surface area contributed by atoms with Crippen LogP contribution in [-0.4, -0.2) is 32.1 Å². The van der Waals surface area contributed by atoms with Crippen LogP contribution in [0.5, 0.6) is 0 Å². The van der Waals surface area contributed by atoms with Crippen LogP contribution in [0.3, 0.4) is 0 Å². The van der Waals surface area contributed by atoms with E-state index in [9.17, 15) is 4.79 Å². The van der Waals surface area contributed by atoms with Crippen LogP contribution in [0.1, 0.15) is 47.1 Å². The lowest BCUT2D eigenvalue weighted by molar-refractivity contribution is 0.0520. The fourth-order valence-corrected chi connectivity index (χ4v) is 5.54. The fourth-order valence-electron chi connectivity index (χ4n) is 4.57. The second kappa shape index (κ2) is 8.95. The molecular formula is C28H23FN4O2S. The number of nitrogens with zero attached hydrogens (tertiary/aromatic N) is 4. The van der Waals surface area contributed by atoms with E-state index in [0.717, 1.165) is 34.4 Å². The van der Waals surface area contributed by atoms with E-state index in [1.807, 2.05) is 18.2 Å². The molecule has 2 aromatic carbocycles. The zero-order valence-electron chi connectivity index (χ0n) is 19.6. The average molecular weight is 499 g/mol. The maximum absolute atomic E-state index is 15.1. The molecule has 1 saturated carbocycles. The Balaban J connectivity index is 1.25. The number of aromatic nitrogens is 4. The molecule has 0 bridgehead atoms. The van der Waals surface area contributed by atoms with Gasteiger partial charge in [0.2, 0.25) is 0 Å². The van der Waals surface area contributed by atoms with Crippen molar-refractivity contribution in [2.24, 2.45) is 0 Å². The van der Waals surface area contributed by atoms with Crippen molar-refractivity contribution < 1.29 is 13.9 Å². The van der Waals surface area contributed by atoms with E-state index in [1.165, 1.54) is 29.3 Å². The minimum absolute atomic E-state index is 0.0209. The Kier molecular flexibility index (Phi) is 5.60. The molecule has 0 N–H and O–H groups in total. The molecule has 0 aliphatic heterocycles. The summed E-state index contributed by atoms with van der Waals surface area (Å²) in [5.41, 5.74) is 4.53. The predicted octanol–water partition coefficient (Wildman–Crippen LogP) is 6.00. The van der Waals surface area contributed by atoms with E-state index in [4.69, 9.17) is 9.72 Å². The van der Waals surface area contributed by atoms with Gasteiger partial charge >= 0.3 is 5.97 Å². The number of ether oxygens (including phenoxy) is 1. The number of fused-ring (bicyclic) bond motifs is 1. The van der Waals surface area contributed by atoms with Crippen LogP contribution in [0.2, 0.25) is 0 Å². The molecule has 0 atom stereocenters. The molecule has 0 radical (unpaired) electrons. The Morgan fingerprint density at radius 1 is 1.11 bits per heavy atom. The second-order valence-corrected chi connectivity index (χ2v) is 9.93. The van der Waals surface area contributed by atoms with Gasteiger partial charge in [-0.25, -0.2) is 24.1 Å². The fraction of sp³-hybridized carbons (Fsp3) is 0.214. The number of imidazole rings is 1. The minimum atomic E-state index is -0.471. The lowest BCUT2D eigenvalue weighted by Gasteiger charge is -2.14. The van der Waals surface area contributed by atoms with Gasteiger partial charge < -0.3 is 9.30 Å². The molecule has 6 rings (SSSR count). The zero-order chi connectivity index (χ0) is 24.7. The van der Waals surface area contributed by atoms with E-state index in [2.05, 4.69) is 40.3 Å². The summed E-state index contributed by atoms with van der Waals surface area (Å²) in [7, 11) is 0. The molecule has 0 spiro atoms. The summed E-state index contributed by atoms with van der Waals surface area (Å²) in [5, 5.41) is 0.607. The van der Waals surface area contributed by atoms with E-state index < -0.39 is 5.97 Å².